The van der Waals surface area contributed by atoms with Gasteiger partial charge in [-0.2, -0.15) is 0 Å². The number of nitrogens with zero attached hydrogens (tertiary/aromatic N) is 2. The lowest BCUT2D eigenvalue weighted by atomic mass is 10.3. The Kier molecular flexibility index (Phi) is 4.49. The zero-order valence-electron chi connectivity index (χ0n) is 10.6. The Bertz CT molecular complexity index is 535. The van der Waals surface area contributed by atoms with Crippen molar-refractivity contribution in [1.82, 2.24) is 9.47 Å². The number of likely N-dealkylation sites (N-methyl/N-ethyl adjacent to an activating group) is 1. The molecule has 0 atom stereocenters. The highest BCUT2D eigenvalue weighted by molar-refractivity contribution is 7.89. The van der Waals surface area contributed by atoms with Gasteiger partial charge in [0.05, 0.1) is 6.61 Å². The molecule has 0 saturated heterocycles. The van der Waals surface area contributed by atoms with Gasteiger partial charge in [0.1, 0.15) is 10.6 Å². The summed E-state index contributed by atoms with van der Waals surface area (Å²) in [5.74, 6) is -0.288. The molecule has 0 radical (unpaired) electrons. The lowest BCUT2D eigenvalue weighted by Crippen LogP contribution is -2.31. The van der Waals surface area contributed by atoms with Crippen LogP contribution in [0.5, 0.6) is 0 Å². The summed E-state index contributed by atoms with van der Waals surface area (Å²) in [6.07, 6.45) is 1.31. The number of primary sulfonamides is 1. The molecule has 102 valence electrons. The van der Waals surface area contributed by atoms with E-state index in [0.717, 1.165) is 0 Å². The third kappa shape index (κ3) is 3.31. The molecule has 0 aliphatic carbocycles. The molecule has 18 heavy (non-hydrogen) atoms. The van der Waals surface area contributed by atoms with Crippen LogP contribution in [-0.4, -0.2) is 51.1 Å². The Hall–Kier alpha value is -1.38. The molecule has 1 aromatic heterocycles. The fourth-order valence-corrected chi connectivity index (χ4v) is 2.01. The van der Waals surface area contributed by atoms with Gasteiger partial charge in [0.25, 0.3) is 5.91 Å². The number of nitrogens with two attached hydrogens (primary N) is 1. The fourth-order valence-electron chi connectivity index (χ4n) is 1.43. The normalized spacial score (nSPS) is 11.6. The smallest absolute Gasteiger partial charge is 0.270 e. The van der Waals surface area contributed by atoms with E-state index in [2.05, 4.69) is 0 Å². The minimum Gasteiger partial charge on any atom is -0.383 e. The minimum absolute atomic E-state index is 0.0755. The van der Waals surface area contributed by atoms with E-state index < -0.39 is 10.0 Å². The molecule has 0 saturated carbocycles. The van der Waals surface area contributed by atoms with E-state index in [1.54, 1.807) is 21.2 Å². The van der Waals surface area contributed by atoms with E-state index in [1.807, 2.05) is 0 Å². The Morgan fingerprint density at radius 2 is 2.17 bits per heavy atom. The van der Waals surface area contributed by atoms with Crippen molar-refractivity contribution >= 4 is 15.9 Å². The molecule has 7 nitrogen and oxygen atoms in total. The highest BCUT2D eigenvalue weighted by atomic mass is 32.2. The lowest BCUT2D eigenvalue weighted by Gasteiger charge is -2.16. The van der Waals surface area contributed by atoms with Gasteiger partial charge in [-0.1, -0.05) is 0 Å². The van der Waals surface area contributed by atoms with E-state index in [4.69, 9.17) is 9.88 Å². The summed E-state index contributed by atoms with van der Waals surface area (Å²) >= 11 is 0. The van der Waals surface area contributed by atoms with Gasteiger partial charge in [-0.3, -0.25) is 4.79 Å². The summed E-state index contributed by atoms with van der Waals surface area (Å²) in [5.41, 5.74) is 0.262. The van der Waals surface area contributed by atoms with Gasteiger partial charge < -0.3 is 14.2 Å². The molecule has 2 N–H and O–H groups in total. The lowest BCUT2D eigenvalue weighted by molar-refractivity contribution is 0.0735. The highest BCUT2D eigenvalue weighted by Crippen LogP contribution is 2.13. The summed E-state index contributed by atoms with van der Waals surface area (Å²) in [4.78, 5) is 13.4. The topological polar surface area (TPSA) is 94.6 Å². The van der Waals surface area contributed by atoms with Crippen molar-refractivity contribution in [3.63, 3.8) is 0 Å². The molecule has 0 aliphatic rings. The summed E-state index contributed by atoms with van der Waals surface area (Å²) in [7, 11) is 0.950. The van der Waals surface area contributed by atoms with Crippen LogP contribution in [0.1, 0.15) is 10.5 Å². The summed E-state index contributed by atoms with van der Waals surface area (Å²) in [6, 6.07) is 1.26. The minimum atomic E-state index is -3.80. The van der Waals surface area contributed by atoms with Crippen molar-refractivity contribution < 1.29 is 17.9 Å². The number of hydrogen-bond donors (Lipinski definition) is 1. The molecule has 0 bridgehead atoms. The van der Waals surface area contributed by atoms with Crippen molar-refractivity contribution in [2.75, 3.05) is 27.3 Å². The maximum atomic E-state index is 12.0. The number of sulfonamides is 1. The number of aromatic nitrogens is 1. The van der Waals surface area contributed by atoms with Crippen LogP contribution < -0.4 is 5.14 Å². The quantitative estimate of drug-likeness (QED) is 0.775. The molecule has 1 rings (SSSR count). The SMILES string of the molecule is COCCN(C)C(=O)c1cc(S(N)(=O)=O)cn1C. The Morgan fingerprint density at radius 1 is 1.56 bits per heavy atom. The van der Waals surface area contributed by atoms with Crippen molar-refractivity contribution in [1.29, 1.82) is 0 Å². The van der Waals surface area contributed by atoms with Crippen LogP contribution in [-0.2, 0) is 21.8 Å². The maximum Gasteiger partial charge on any atom is 0.270 e. The van der Waals surface area contributed by atoms with E-state index >= 15 is 0 Å². The number of carbonyl (C=O) groups excluding carboxylic acids is 1. The van der Waals surface area contributed by atoms with Crippen molar-refractivity contribution in [3.05, 3.63) is 18.0 Å². The second-order valence-corrected chi connectivity index (χ2v) is 5.50. The van der Waals surface area contributed by atoms with Crippen LogP contribution in [0, 0.1) is 0 Å². The van der Waals surface area contributed by atoms with Crippen molar-refractivity contribution in [2.24, 2.45) is 12.2 Å². The summed E-state index contributed by atoms with van der Waals surface area (Å²) in [5, 5.41) is 5.01. The number of carbonyl (C=O) groups is 1. The molecule has 0 aromatic carbocycles. The van der Waals surface area contributed by atoms with E-state index in [0.29, 0.717) is 13.2 Å². The highest BCUT2D eigenvalue weighted by Gasteiger charge is 2.19. The van der Waals surface area contributed by atoms with Gasteiger partial charge in [0.2, 0.25) is 10.0 Å². The summed E-state index contributed by atoms with van der Waals surface area (Å²) < 4.78 is 28.7. The van der Waals surface area contributed by atoms with Crippen molar-refractivity contribution in [3.8, 4) is 0 Å². The zero-order valence-corrected chi connectivity index (χ0v) is 11.4. The van der Waals surface area contributed by atoms with Gasteiger partial charge in [-0.15, -0.1) is 0 Å². The summed E-state index contributed by atoms with van der Waals surface area (Å²) in [6.45, 7) is 0.833. The van der Waals surface area contributed by atoms with Crippen LogP contribution in [0.15, 0.2) is 17.2 Å². The molecule has 0 fully saturated rings. The van der Waals surface area contributed by atoms with Gasteiger partial charge >= 0.3 is 0 Å². The van der Waals surface area contributed by atoms with Crippen LogP contribution in [0.2, 0.25) is 0 Å². The fraction of sp³-hybridized carbons (Fsp3) is 0.500. The molecule has 1 amide bonds. The first-order chi connectivity index (χ1) is 8.27. The standard InChI is InChI=1S/C10H17N3O4S/c1-12(4-5-17-3)10(14)9-6-8(7-13(9)2)18(11,15)16/h6-7H,4-5H2,1-3H3,(H2,11,15,16). The number of methoxy groups -OCH3 is 1. The van der Waals surface area contributed by atoms with Gasteiger partial charge in [-0.05, 0) is 6.07 Å². The average Bonchev–Trinajstić information content (AvgIpc) is 2.66. The predicted molar refractivity (Wildman–Crippen MR) is 65.6 cm³/mol. The van der Waals surface area contributed by atoms with E-state index in [1.165, 1.54) is 21.7 Å². The Balaban J connectivity index is 2.97. The molecule has 0 unspecified atom stereocenters. The number of amides is 1. The maximum absolute atomic E-state index is 12.0. The number of aryl methyl sites for hydroxylation is 1. The Labute approximate surface area is 106 Å². The predicted octanol–water partition coefficient (Wildman–Crippen LogP) is -0.609. The molecule has 1 heterocycles. The molecule has 0 spiro atoms. The van der Waals surface area contributed by atoms with Crippen LogP contribution in [0.25, 0.3) is 0 Å². The van der Waals surface area contributed by atoms with E-state index in [-0.39, 0.29) is 16.5 Å². The van der Waals surface area contributed by atoms with Gasteiger partial charge in [-0.25, -0.2) is 13.6 Å². The third-order valence-electron chi connectivity index (χ3n) is 2.51. The molecular weight excluding hydrogens is 258 g/mol. The first-order valence-corrected chi connectivity index (χ1v) is 6.75. The average molecular weight is 275 g/mol. The van der Waals surface area contributed by atoms with Gasteiger partial charge in [0, 0.05) is 33.9 Å². The van der Waals surface area contributed by atoms with E-state index in [9.17, 15) is 13.2 Å². The first kappa shape index (κ1) is 14.7. The first-order valence-electron chi connectivity index (χ1n) is 5.21. The van der Waals surface area contributed by atoms with Crippen molar-refractivity contribution in [2.45, 2.75) is 4.90 Å². The Morgan fingerprint density at radius 3 is 2.61 bits per heavy atom. The number of ether oxygens (including phenoxy) is 1. The van der Waals surface area contributed by atoms with Gasteiger partial charge in [0.15, 0.2) is 0 Å². The second kappa shape index (κ2) is 5.51. The molecule has 0 aliphatic heterocycles. The largest absolute Gasteiger partial charge is 0.383 e. The molecule has 1 aromatic rings. The monoisotopic (exact) mass is 275 g/mol. The third-order valence-corrected chi connectivity index (χ3v) is 3.39. The molecule has 8 heteroatoms. The molecular formula is C10H17N3O4S. The second-order valence-electron chi connectivity index (χ2n) is 3.94. The number of hydrogen-bond acceptors (Lipinski definition) is 4. The number of rotatable bonds is 5. The van der Waals surface area contributed by atoms with Crippen LogP contribution >= 0.6 is 0 Å². The van der Waals surface area contributed by atoms with Crippen LogP contribution in [0.4, 0.5) is 0 Å². The van der Waals surface area contributed by atoms with Crippen LogP contribution in [0.3, 0.4) is 0 Å². The zero-order chi connectivity index (χ0) is 13.9.